The average Bonchev–Trinajstić information content (AvgIpc) is 2.61. The monoisotopic (exact) mass is 251 g/mol. The highest BCUT2D eigenvalue weighted by molar-refractivity contribution is 7.71. The van der Waals surface area contributed by atoms with E-state index in [4.69, 9.17) is 12.2 Å². The lowest BCUT2D eigenvalue weighted by Crippen LogP contribution is -2.21. The van der Waals surface area contributed by atoms with E-state index in [1.807, 2.05) is 0 Å². The van der Waals surface area contributed by atoms with Crippen LogP contribution in [0.4, 0.5) is 13.2 Å². The summed E-state index contributed by atoms with van der Waals surface area (Å²) in [6, 6.07) is -0.156. The Balaban J connectivity index is 2.38. The van der Waals surface area contributed by atoms with Gasteiger partial charge >= 0.3 is 6.18 Å². The smallest absolute Gasteiger partial charge is 0.293 e. The SMILES string of the molecule is FC(F)(F)c1n[nH]c(=S)n1C1CCCCC1. The Bertz CT molecular complexity index is 414. The van der Waals surface area contributed by atoms with E-state index in [-0.39, 0.29) is 10.8 Å². The summed E-state index contributed by atoms with van der Waals surface area (Å²) in [5.41, 5.74) is 0. The molecule has 16 heavy (non-hydrogen) atoms. The molecule has 0 saturated heterocycles. The molecule has 0 aliphatic heterocycles. The van der Waals surface area contributed by atoms with E-state index in [9.17, 15) is 13.2 Å². The third-order valence-electron chi connectivity index (χ3n) is 2.90. The lowest BCUT2D eigenvalue weighted by atomic mass is 9.95. The van der Waals surface area contributed by atoms with Gasteiger partial charge in [-0.05, 0) is 25.1 Å². The second-order valence-electron chi connectivity index (χ2n) is 4.01. The summed E-state index contributed by atoms with van der Waals surface area (Å²) in [6.45, 7) is 0. The summed E-state index contributed by atoms with van der Waals surface area (Å²) < 4.78 is 39.2. The Labute approximate surface area is 95.7 Å². The van der Waals surface area contributed by atoms with Crippen molar-refractivity contribution in [3.8, 4) is 0 Å². The minimum Gasteiger partial charge on any atom is -0.293 e. The third kappa shape index (κ3) is 2.14. The van der Waals surface area contributed by atoms with Crippen molar-refractivity contribution in [3.63, 3.8) is 0 Å². The van der Waals surface area contributed by atoms with Crippen molar-refractivity contribution in [2.75, 3.05) is 0 Å². The number of alkyl halides is 3. The second kappa shape index (κ2) is 4.20. The van der Waals surface area contributed by atoms with E-state index in [0.29, 0.717) is 0 Å². The highest BCUT2D eigenvalue weighted by Gasteiger charge is 2.39. The van der Waals surface area contributed by atoms with Crippen LogP contribution in [0.2, 0.25) is 0 Å². The van der Waals surface area contributed by atoms with Gasteiger partial charge in [0.2, 0.25) is 5.82 Å². The topological polar surface area (TPSA) is 33.6 Å². The molecule has 0 aromatic carbocycles. The van der Waals surface area contributed by atoms with Gasteiger partial charge in [-0.15, -0.1) is 5.10 Å². The van der Waals surface area contributed by atoms with E-state index in [0.717, 1.165) is 36.7 Å². The maximum atomic E-state index is 12.7. The summed E-state index contributed by atoms with van der Waals surface area (Å²) in [7, 11) is 0. The molecule has 0 bridgehead atoms. The van der Waals surface area contributed by atoms with Crippen molar-refractivity contribution >= 4 is 12.2 Å². The first-order valence-electron chi connectivity index (χ1n) is 5.24. The van der Waals surface area contributed by atoms with Gasteiger partial charge in [0, 0.05) is 6.04 Å². The fourth-order valence-corrected chi connectivity index (χ4v) is 2.46. The summed E-state index contributed by atoms with van der Waals surface area (Å²) in [5, 5.41) is 5.52. The third-order valence-corrected chi connectivity index (χ3v) is 3.19. The van der Waals surface area contributed by atoms with E-state index in [1.54, 1.807) is 0 Å². The van der Waals surface area contributed by atoms with Crippen molar-refractivity contribution in [1.82, 2.24) is 14.8 Å². The van der Waals surface area contributed by atoms with Gasteiger partial charge in [-0.3, -0.25) is 9.67 Å². The van der Waals surface area contributed by atoms with Gasteiger partial charge in [0.1, 0.15) is 0 Å². The highest BCUT2D eigenvalue weighted by atomic mass is 32.1. The van der Waals surface area contributed by atoms with Gasteiger partial charge in [0.15, 0.2) is 4.77 Å². The van der Waals surface area contributed by atoms with Gasteiger partial charge in [-0.1, -0.05) is 19.3 Å². The molecule has 0 atom stereocenters. The maximum Gasteiger partial charge on any atom is 0.451 e. The Morgan fingerprint density at radius 2 is 1.88 bits per heavy atom. The predicted molar refractivity (Wildman–Crippen MR) is 54.5 cm³/mol. The lowest BCUT2D eigenvalue weighted by Gasteiger charge is -2.24. The molecule has 3 nitrogen and oxygen atoms in total. The van der Waals surface area contributed by atoms with E-state index < -0.39 is 12.0 Å². The standard InChI is InChI=1S/C9H12F3N3S/c10-9(11,12)7-13-14-8(16)15(7)6-4-2-1-3-5-6/h6H,1-5H2,(H,14,16). The summed E-state index contributed by atoms with van der Waals surface area (Å²) in [4.78, 5) is 0. The Morgan fingerprint density at radius 1 is 1.25 bits per heavy atom. The first-order valence-corrected chi connectivity index (χ1v) is 5.65. The van der Waals surface area contributed by atoms with Crippen LogP contribution in [0, 0.1) is 4.77 Å². The van der Waals surface area contributed by atoms with Crippen LogP contribution in [-0.2, 0) is 6.18 Å². The number of aromatic amines is 1. The molecule has 1 aromatic heterocycles. The Morgan fingerprint density at radius 3 is 2.44 bits per heavy atom. The normalized spacial score (nSPS) is 18.9. The molecule has 1 heterocycles. The van der Waals surface area contributed by atoms with Crippen LogP contribution < -0.4 is 0 Å². The fourth-order valence-electron chi connectivity index (χ4n) is 2.18. The molecule has 0 spiro atoms. The zero-order chi connectivity index (χ0) is 11.8. The summed E-state index contributed by atoms with van der Waals surface area (Å²) in [6.07, 6.45) is 0.0473. The van der Waals surface area contributed by atoms with Crippen LogP contribution in [0.15, 0.2) is 0 Å². The largest absolute Gasteiger partial charge is 0.451 e. The highest BCUT2D eigenvalue weighted by Crippen LogP contribution is 2.34. The molecule has 1 saturated carbocycles. The van der Waals surface area contributed by atoms with E-state index >= 15 is 0 Å². The fraction of sp³-hybridized carbons (Fsp3) is 0.778. The van der Waals surface area contributed by atoms with Crippen LogP contribution in [-0.4, -0.2) is 14.8 Å². The van der Waals surface area contributed by atoms with Crippen LogP contribution in [0.3, 0.4) is 0 Å². The Kier molecular flexibility index (Phi) is 3.05. The molecule has 1 N–H and O–H groups in total. The minimum absolute atomic E-state index is 0.0687. The number of aromatic nitrogens is 3. The lowest BCUT2D eigenvalue weighted by molar-refractivity contribution is -0.148. The second-order valence-corrected chi connectivity index (χ2v) is 4.40. The molecule has 90 valence electrons. The van der Waals surface area contributed by atoms with Crippen molar-refractivity contribution in [3.05, 3.63) is 10.6 Å². The van der Waals surface area contributed by atoms with Crippen LogP contribution in [0.5, 0.6) is 0 Å². The molecular formula is C9H12F3N3S. The average molecular weight is 251 g/mol. The van der Waals surface area contributed by atoms with Gasteiger partial charge < -0.3 is 0 Å². The van der Waals surface area contributed by atoms with Crippen molar-refractivity contribution in [1.29, 1.82) is 0 Å². The van der Waals surface area contributed by atoms with Gasteiger partial charge in [-0.2, -0.15) is 13.2 Å². The number of hydrogen-bond donors (Lipinski definition) is 1. The van der Waals surface area contributed by atoms with E-state index in [1.165, 1.54) is 0 Å². The van der Waals surface area contributed by atoms with Crippen LogP contribution >= 0.6 is 12.2 Å². The molecule has 7 heteroatoms. The zero-order valence-corrected chi connectivity index (χ0v) is 9.37. The first-order chi connectivity index (χ1) is 7.50. The summed E-state index contributed by atoms with van der Waals surface area (Å²) in [5.74, 6) is -0.899. The van der Waals surface area contributed by atoms with Crippen molar-refractivity contribution < 1.29 is 13.2 Å². The molecule has 1 fully saturated rings. The minimum atomic E-state index is -4.44. The molecule has 1 aliphatic rings. The van der Waals surface area contributed by atoms with Crippen LogP contribution in [0.1, 0.15) is 44.0 Å². The predicted octanol–water partition coefficient (Wildman–Crippen LogP) is 3.46. The number of rotatable bonds is 1. The number of nitrogens with zero attached hydrogens (tertiary/aromatic N) is 2. The number of nitrogens with one attached hydrogen (secondary N) is 1. The number of H-pyrrole nitrogens is 1. The van der Waals surface area contributed by atoms with E-state index in [2.05, 4.69) is 10.2 Å². The van der Waals surface area contributed by atoms with Crippen LogP contribution in [0.25, 0.3) is 0 Å². The molecular weight excluding hydrogens is 239 g/mol. The molecule has 0 amide bonds. The number of hydrogen-bond acceptors (Lipinski definition) is 2. The molecule has 0 unspecified atom stereocenters. The van der Waals surface area contributed by atoms with Crippen molar-refractivity contribution in [2.45, 2.75) is 44.3 Å². The maximum absolute atomic E-state index is 12.7. The molecule has 2 rings (SSSR count). The van der Waals surface area contributed by atoms with Gasteiger partial charge in [-0.25, -0.2) is 0 Å². The quantitative estimate of drug-likeness (QED) is 0.775. The summed E-state index contributed by atoms with van der Waals surface area (Å²) >= 11 is 4.87. The molecule has 1 aliphatic carbocycles. The van der Waals surface area contributed by atoms with Crippen molar-refractivity contribution in [2.24, 2.45) is 0 Å². The number of halogens is 3. The van der Waals surface area contributed by atoms with Gasteiger partial charge in [0.25, 0.3) is 0 Å². The zero-order valence-electron chi connectivity index (χ0n) is 8.55. The molecule has 0 radical (unpaired) electrons. The Hall–Kier alpha value is -0.850. The molecule has 1 aromatic rings. The first kappa shape index (κ1) is 11.6. The van der Waals surface area contributed by atoms with Gasteiger partial charge in [0.05, 0.1) is 0 Å².